The number of halogens is 1. The number of carbonyl (C=O) groups is 2. The van der Waals surface area contributed by atoms with Gasteiger partial charge in [-0.25, -0.2) is 19.2 Å². The molecule has 26 heavy (non-hydrogen) atoms. The van der Waals surface area contributed by atoms with Crippen LogP contribution in [0.1, 0.15) is 30.6 Å². The van der Waals surface area contributed by atoms with Crippen molar-refractivity contribution in [2.75, 3.05) is 17.7 Å². The van der Waals surface area contributed by atoms with E-state index in [2.05, 4.69) is 15.3 Å². The van der Waals surface area contributed by atoms with Crippen LogP contribution >= 0.6 is 11.8 Å². The van der Waals surface area contributed by atoms with Gasteiger partial charge in [0.2, 0.25) is 5.91 Å². The predicted molar refractivity (Wildman–Crippen MR) is 97.4 cm³/mol. The molecular formula is C17H19FN4O3S. The van der Waals surface area contributed by atoms with E-state index >= 15 is 0 Å². The summed E-state index contributed by atoms with van der Waals surface area (Å²) < 4.78 is 17.8. The van der Waals surface area contributed by atoms with Crippen LogP contribution in [0.5, 0.6) is 0 Å². The van der Waals surface area contributed by atoms with Crippen LogP contribution in [0.3, 0.4) is 0 Å². The van der Waals surface area contributed by atoms with Gasteiger partial charge >= 0.3 is 5.97 Å². The van der Waals surface area contributed by atoms with Gasteiger partial charge in [0, 0.05) is 11.9 Å². The van der Waals surface area contributed by atoms with Gasteiger partial charge in [-0.3, -0.25) is 4.79 Å². The molecule has 1 aromatic carbocycles. The van der Waals surface area contributed by atoms with Crippen molar-refractivity contribution in [2.24, 2.45) is 0 Å². The van der Waals surface area contributed by atoms with E-state index in [1.807, 2.05) is 6.92 Å². The summed E-state index contributed by atoms with van der Waals surface area (Å²) in [4.78, 5) is 32.2. The number of hydrogen-bond donors (Lipinski definition) is 2. The number of nitrogens with zero attached hydrogens (tertiary/aromatic N) is 2. The minimum absolute atomic E-state index is 0.00486. The standard InChI is InChI=1S/C17H19FN4O3S/c1-3-13(15(23)21-11-7-5-10(18)6-8-11)26-17-20-9-12(14(19)22-17)16(24)25-4-2/h5-9,13H,3-4H2,1-2H3,(H,21,23)(H2,19,20,22)/t13-/m0/s1. The number of ether oxygens (including phenoxy) is 1. The summed E-state index contributed by atoms with van der Waals surface area (Å²) in [6, 6.07) is 5.49. The lowest BCUT2D eigenvalue weighted by Gasteiger charge is -2.14. The third kappa shape index (κ3) is 5.16. The highest BCUT2D eigenvalue weighted by molar-refractivity contribution is 8.00. The second-order valence-electron chi connectivity index (χ2n) is 5.18. The highest BCUT2D eigenvalue weighted by atomic mass is 32.2. The molecule has 1 heterocycles. The number of benzene rings is 1. The van der Waals surface area contributed by atoms with E-state index in [9.17, 15) is 14.0 Å². The van der Waals surface area contributed by atoms with Crippen LogP contribution in [0, 0.1) is 5.82 Å². The summed E-state index contributed by atoms with van der Waals surface area (Å²) in [5.41, 5.74) is 6.36. The van der Waals surface area contributed by atoms with Crippen molar-refractivity contribution in [2.45, 2.75) is 30.7 Å². The van der Waals surface area contributed by atoms with E-state index in [-0.39, 0.29) is 34.9 Å². The number of esters is 1. The summed E-state index contributed by atoms with van der Waals surface area (Å²) in [6.07, 6.45) is 1.80. The van der Waals surface area contributed by atoms with E-state index in [0.717, 1.165) is 11.8 Å². The predicted octanol–water partition coefficient (Wildman–Crippen LogP) is 2.88. The molecule has 0 aliphatic heterocycles. The highest BCUT2D eigenvalue weighted by Crippen LogP contribution is 2.25. The summed E-state index contributed by atoms with van der Waals surface area (Å²) in [5, 5.41) is 2.51. The molecule has 2 aromatic rings. The van der Waals surface area contributed by atoms with Crippen LogP contribution in [0.15, 0.2) is 35.6 Å². The molecule has 0 saturated heterocycles. The first-order valence-corrected chi connectivity index (χ1v) is 8.85. The van der Waals surface area contributed by atoms with E-state index in [0.29, 0.717) is 12.1 Å². The molecule has 0 unspecified atom stereocenters. The molecule has 9 heteroatoms. The van der Waals surface area contributed by atoms with Crippen LogP contribution in [-0.2, 0) is 9.53 Å². The van der Waals surface area contributed by atoms with Crippen LogP contribution < -0.4 is 11.1 Å². The fraction of sp³-hybridized carbons (Fsp3) is 0.294. The zero-order valence-corrected chi connectivity index (χ0v) is 15.2. The Labute approximate surface area is 154 Å². The van der Waals surface area contributed by atoms with E-state index in [1.165, 1.54) is 30.5 Å². The van der Waals surface area contributed by atoms with Crippen molar-refractivity contribution in [3.05, 3.63) is 41.8 Å². The monoisotopic (exact) mass is 378 g/mol. The third-order valence-electron chi connectivity index (χ3n) is 3.31. The number of rotatable bonds is 7. The Morgan fingerprint density at radius 2 is 2.00 bits per heavy atom. The Morgan fingerprint density at radius 1 is 1.31 bits per heavy atom. The van der Waals surface area contributed by atoms with Crippen molar-refractivity contribution < 1.29 is 18.7 Å². The van der Waals surface area contributed by atoms with Crippen molar-refractivity contribution in [3.63, 3.8) is 0 Å². The van der Waals surface area contributed by atoms with Crippen LogP contribution in [0.25, 0.3) is 0 Å². The lowest BCUT2D eigenvalue weighted by atomic mass is 10.2. The second-order valence-corrected chi connectivity index (χ2v) is 6.35. The Kier molecular flexibility index (Phi) is 6.90. The quantitative estimate of drug-likeness (QED) is 0.433. The van der Waals surface area contributed by atoms with Crippen LogP contribution in [0.2, 0.25) is 0 Å². The SMILES string of the molecule is CCOC(=O)c1cnc(S[C@@H](CC)C(=O)Nc2ccc(F)cc2)nc1N. The Morgan fingerprint density at radius 3 is 2.58 bits per heavy atom. The van der Waals surface area contributed by atoms with Gasteiger partial charge < -0.3 is 15.8 Å². The minimum atomic E-state index is -0.595. The number of nitrogen functional groups attached to an aromatic ring is 1. The van der Waals surface area contributed by atoms with Crippen molar-refractivity contribution in [1.29, 1.82) is 0 Å². The zero-order valence-electron chi connectivity index (χ0n) is 14.4. The molecule has 0 aliphatic rings. The minimum Gasteiger partial charge on any atom is -0.462 e. The molecular weight excluding hydrogens is 359 g/mol. The van der Waals surface area contributed by atoms with Gasteiger partial charge in [-0.15, -0.1) is 0 Å². The molecule has 1 amide bonds. The number of thioether (sulfide) groups is 1. The van der Waals surface area contributed by atoms with Gasteiger partial charge in [0.1, 0.15) is 17.2 Å². The average Bonchev–Trinajstić information content (AvgIpc) is 2.61. The summed E-state index contributed by atoms with van der Waals surface area (Å²) in [7, 11) is 0. The van der Waals surface area contributed by atoms with Crippen LogP contribution in [0.4, 0.5) is 15.9 Å². The molecule has 1 atom stereocenters. The Hall–Kier alpha value is -2.68. The maximum atomic E-state index is 12.9. The molecule has 2 rings (SSSR count). The van der Waals surface area contributed by atoms with E-state index in [1.54, 1.807) is 6.92 Å². The molecule has 0 fully saturated rings. The molecule has 138 valence electrons. The zero-order chi connectivity index (χ0) is 19.1. The molecule has 0 bridgehead atoms. The smallest absolute Gasteiger partial charge is 0.343 e. The van der Waals surface area contributed by atoms with E-state index in [4.69, 9.17) is 10.5 Å². The number of carbonyl (C=O) groups excluding carboxylic acids is 2. The molecule has 3 N–H and O–H groups in total. The molecule has 0 radical (unpaired) electrons. The molecule has 0 aliphatic carbocycles. The van der Waals surface area contributed by atoms with Crippen molar-refractivity contribution in [1.82, 2.24) is 9.97 Å². The maximum absolute atomic E-state index is 12.9. The second kappa shape index (κ2) is 9.14. The lowest BCUT2D eigenvalue weighted by molar-refractivity contribution is -0.115. The number of anilines is 2. The number of nitrogens with two attached hydrogens (primary N) is 1. The van der Waals surface area contributed by atoms with Gasteiger partial charge in [-0.2, -0.15) is 0 Å². The Bertz CT molecular complexity index is 786. The molecule has 1 aromatic heterocycles. The number of amides is 1. The van der Waals surface area contributed by atoms with Gasteiger partial charge in [0.05, 0.1) is 11.9 Å². The first-order valence-electron chi connectivity index (χ1n) is 7.97. The summed E-state index contributed by atoms with van der Waals surface area (Å²) in [5.74, 6) is -1.24. The first kappa shape index (κ1) is 19.6. The van der Waals surface area contributed by atoms with Gasteiger partial charge in [-0.1, -0.05) is 18.7 Å². The average molecular weight is 378 g/mol. The third-order valence-corrected chi connectivity index (χ3v) is 4.55. The number of hydrogen-bond acceptors (Lipinski definition) is 7. The topological polar surface area (TPSA) is 107 Å². The maximum Gasteiger partial charge on any atom is 0.343 e. The van der Waals surface area contributed by atoms with Crippen LogP contribution in [-0.4, -0.2) is 33.7 Å². The lowest BCUT2D eigenvalue weighted by Crippen LogP contribution is -2.25. The normalized spacial score (nSPS) is 11.7. The fourth-order valence-corrected chi connectivity index (χ4v) is 2.86. The van der Waals surface area contributed by atoms with Crippen molar-refractivity contribution in [3.8, 4) is 0 Å². The highest BCUT2D eigenvalue weighted by Gasteiger charge is 2.21. The first-order chi connectivity index (χ1) is 12.4. The largest absolute Gasteiger partial charge is 0.462 e. The Balaban J connectivity index is 2.06. The van der Waals surface area contributed by atoms with Gasteiger partial charge in [-0.05, 0) is 37.6 Å². The number of nitrogens with one attached hydrogen (secondary N) is 1. The summed E-state index contributed by atoms with van der Waals surface area (Å²) in [6.45, 7) is 3.75. The summed E-state index contributed by atoms with van der Waals surface area (Å²) >= 11 is 1.13. The van der Waals surface area contributed by atoms with E-state index < -0.39 is 11.2 Å². The van der Waals surface area contributed by atoms with Gasteiger partial charge in [0.25, 0.3) is 0 Å². The fourth-order valence-electron chi connectivity index (χ4n) is 2.01. The molecule has 0 saturated carbocycles. The van der Waals surface area contributed by atoms with Crippen molar-refractivity contribution >= 4 is 35.1 Å². The van der Waals surface area contributed by atoms with Gasteiger partial charge in [0.15, 0.2) is 5.16 Å². The molecule has 0 spiro atoms. The molecule has 7 nitrogen and oxygen atoms in total. The number of aromatic nitrogens is 2.